The van der Waals surface area contributed by atoms with Crippen molar-refractivity contribution in [3.05, 3.63) is 23.7 Å². The summed E-state index contributed by atoms with van der Waals surface area (Å²) >= 11 is 0. The van der Waals surface area contributed by atoms with Crippen molar-refractivity contribution in [1.29, 1.82) is 0 Å². The van der Waals surface area contributed by atoms with Crippen molar-refractivity contribution < 1.29 is 14.3 Å². The van der Waals surface area contributed by atoms with Crippen molar-refractivity contribution in [2.75, 3.05) is 6.54 Å². The SMILES string of the molecule is CC1CCCC(CNC(C)c2ccc(C(=O)O)o2)C1. The minimum absolute atomic E-state index is 0.00920. The van der Waals surface area contributed by atoms with E-state index in [9.17, 15) is 4.79 Å². The number of hydrogen-bond donors (Lipinski definition) is 2. The van der Waals surface area contributed by atoms with Gasteiger partial charge in [-0.3, -0.25) is 0 Å². The Morgan fingerprint density at radius 3 is 2.95 bits per heavy atom. The molecule has 0 aromatic carbocycles. The van der Waals surface area contributed by atoms with E-state index in [4.69, 9.17) is 9.52 Å². The summed E-state index contributed by atoms with van der Waals surface area (Å²) in [4.78, 5) is 10.8. The molecule has 1 heterocycles. The molecule has 1 fully saturated rings. The molecule has 0 amide bonds. The average molecular weight is 265 g/mol. The lowest BCUT2D eigenvalue weighted by molar-refractivity contribution is 0.0659. The van der Waals surface area contributed by atoms with E-state index in [1.165, 1.54) is 31.7 Å². The van der Waals surface area contributed by atoms with Crippen LogP contribution in [0.3, 0.4) is 0 Å². The molecule has 2 rings (SSSR count). The van der Waals surface area contributed by atoms with Gasteiger partial charge in [0.1, 0.15) is 5.76 Å². The van der Waals surface area contributed by atoms with Gasteiger partial charge in [0.15, 0.2) is 0 Å². The van der Waals surface area contributed by atoms with E-state index in [0.717, 1.165) is 18.4 Å². The Balaban J connectivity index is 1.83. The van der Waals surface area contributed by atoms with Gasteiger partial charge in [-0.1, -0.05) is 19.8 Å². The van der Waals surface area contributed by atoms with Crippen LogP contribution < -0.4 is 5.32 Å². The van der Waals surface area contributed by atoms with Crippen LogP contribution >= 0.6 is 0 Å². The molecule has 106 valence electrons. The zero-order chi connectivity index (χ0) is 13.8. The molecule has 0 saturated heterocycles. The van der Waals surface area contributed by atoms with Crippen LogP contribution in [0, 0.1) is 11.8 Å². The van der Waals surface area contributed by atoms with Crippen LogP contribution in [0.5, 0.6) is 0 Å². The third-order valence-electron chi connectivity index (χ3n) is 4.02. The first-order valence-electron chi connectivity index (χ1n) is 7.12. The maximum atomic E-state index is 10.8. The third-order valence-corrected chi connectivity index (χ3v) is 4.02. The standard InChI is InChI=1S/C15H23NO3/c1-10-4-3-5-12(8-10)9-16-11(2)13-6-7-14(19-13)15(17)18/h6-7,10-12,16H,3-5,8-9H2,1-2H3,(H,17,18). The molecule has 1 aliphatic rings. The molecule has 4 nitrogen and oxygen atoms in total. The average Bonchev–Trinajstić information content (AvgIpc) is 2.86. The second-order valence-corrected chi connectivity index (χ2v) is 5.77. The minimum Gasteiger partial charge on any atom is -0.475 e. The molecule has 3 unspecified atom stereocenters. The van der Waals surface area contributed by atoms with Crippen LogP contribution in [0.25, 0.3) is 0 Å². The fourth-order valence-electron chi connectivity index (χ4n) is 2.89. The van der Waals surface area contributed by atoms with Crippen molar-refractivity contribution in [2.45, 2.75) is 45.6 Å². The number of hydrogen-bond acceptors (Lipinski definition) is 3. The fourth-order valence-corrected chi connectivity index (χ4v) is 2.89. The first-order chi connectivity index (χ1) is 9.06. The molecule has 19 heavy (non-hydrogen) atoms. The molecule has 1 aliphatic carbocycles. The normalized spacial score (nSPS) is 25.2. The summed E-state index contributed by atoms with van der Waals surface area (Å²) < 4.78 is 5.31. The maximum Gasteiger partial charge on any atom is 0.371 e. The third kappa shape index (κ3) is 3.83. The fraction of sp³-hybridized carbons (Fsp3) is 0.667. The summed E-state index contributed by atoms with van der Waals surface area (Å²) in [6.07, 6.45) is 5.26. The van der Waals surface area contributed by atoms with E-state index in [-0.39, 0.29) is 11.8 Å². The molecule has 1 aromatic rings. The van der Waals surface area contributed by atoms with Gasteiger partial charge in [-0.05, 0) is 50.3 Å². The van der Waals surface area contributed by atoms with Crippen LogP contribution in [0.15, 0.2) is 16.5 Å². The first kappa shape index (κ1) is 14.1. The zero-order valence-corrected chi connectivity index (χ0v) is 11.7. The molecule has 0 aliphatic heterocycles. The van der Waals surface area contributed by atoms with Gasteiger partial charge in [-0.15, -0.1) is 0 Å². The number of nitrogens with one attached hydrogen (secondary N) is 1. The summed E-state index contributed by atoms with van der Waals surface area (Å²) in [6.45, 7) is 5.31. The minimum atomic E-state index is -1.01. The Labute approximate surface area is 114 Å². The van der Waals surface area contributed by atoms with Gasteiger partial charge in [-0.2, -0.15) is 0 Å². The lowest BCUT2D eigenvalue weighted by Crippen LogP contribution is -2.28. The highest BCUT2D eigenvalue weighted by Crippen LogP contribution is 2.28. The van der Waals surface area contributed by atoms with Crippen molar-refractivity contribution in [3.63, 3.8) is 0 Å². The molecule has 1 saturated carbocycles. The Hall–Kier alpha value is -1.29. The van der Waals surface area contributed by atoms with Crippen molar-refractivity contribution >= 4 is 5.97 Å². The quantitative estimate of drug-likeness (QED) is 0.856. The van der Waals surface area contributed by atoms with Crippen LogP contribution in [0.1, 0.15) is 61.9 Å². The van der Waals surface area contributed by atoms with Crippen molar-refractivity contribution in [1.82, 2.24) is 5.32 Å². The summed E-state index contributed by atoms with van der Waals surface area (Å²) in [5.74, 6) is 1.26. The number of carbonyl (C=O) groups is 1. The predicted molar refractivity (Wildman–Crippen MR) is 73.2 cm³/mol. The van der Waals surface area contributed by atoms with Gasteiger partial charge in [0.2, 0.25) is 5.76 Å². The lowest BCUT2D eigenvalue weighted by Gasteiger charge is -2.27. The summed E-state index contributed by atoms with van der Waals surface area (Å²) in [5, 5.41) is 12.3. The van der Waals surface area contributed by atoms with E-state index in [1.807, 2.05) is 6.92 Å². The maximum absolute atomic E-state index is 10.8. The predicted octanol–water partition coefficient (Wildman–Crippen LogP) is 3.45. The second-order valence-electron chi connectivity index (χ2n) is 5.77. The van der Waals surface area contributed by atoms with Gasteiger partial charge >= 0.3 is 5.97 Å². The van der Waals surface area contributed by atoms with Crippen LogP contribution in [-0.4, -0.2) is 17.6 Å². The van der Waals surface area contributed by atoms with Gasteiger partial charge in [0, 0.05) is 0 Å². The molecule has 1 aromatic heterocycles. The highest BCUT2D eigenvalue weighted by molar-refractivity contribution is 5.84. The van der Waals surface area contributed by atoms with Crippen LogP contribution in [-0.2, 0) is 0 Å². The molecule has 0 radical (unpaired) electrons. The van der Waals surface area contributed by atoms with E-state index in [2.05, 4.69) is 12.2 Å². The van der Waals surface area contributed by atoms with Crippen LogP contribution in [0.2, 0.25) is 0 Å². The Kier molecular flexibility index (Phi) is 4.64. The highest BCUT2D eigenvalue weighted by atomic mass is 16.4. The smallest absolute Gasteiger partial charge is 0.371 e. The van der Waals surface area contributed by atoms with Crippen molar-refractivity contribution in [2.24, 2.45) is 11.8 Å². The van der Waals surface area contributed by atoms with E-state index in [1.54, 1.807) is 6.07 Å². The number of carboxylic acids is 1. The number of aromatic carboxylic acids is 1. The molecule has 0 spiro atoms. The summed E-state index contributed by atoms with van der Waals surface area (Å²) in [6, 6.07) is 3.31. The molecule has 0 bridgehead atoms. The summed E-state index contributed by atoms with van der Waals surface area (Å²) in [7, 11) is 0. The molecular weight excluding hydrogens is 242 g/mol. The Morgan fingerprint density at radius 2 is 2.32 bits per heavy atom. The molecular formula is C15H23NO3. The topological polar surface area (TPSA) is 62.5 Å². The van der Waals surface area contributed by atoms with Crippen molar-refractivity contribution in [3.8, 4) is 0 Å². The van der Waals surface area contributed by atoms with Gasteiger partial charge < -0.3 is 14.8 Å². The van der Waals surface area contributed by atoms with E-state index < -0.39 is 5.97 Å². The first-order valence-corrected chi connectivity index (χ1v) is 7.12. The molecule has 3 atom stereocenters. The Bertz CT molecular complexity index is 427. The summed E-state index contributed by atoms with van der Waals surface area (Å²) in [5.41, 5.74) is 0. The van der Waals surface area contributed by atoms with Gasteiger partial charge in [0.25, 0.3) is 0 Å². The highest BCUT2D eigenvalue weighted by Gasteiger charge is 2.20. The van der Waals surface area contributed by atoms with Crippen LogP contribution in [0.4, 0.5) is 0 Å². The largest absolute Gasteiger partial charge is 0.475 e. The van der Waals surface area contributed by atoms with E-state index >= 15 is 0 Å². The number of rotatable bonds is 5. The van der Waals surface area contributed by atoms with E-state index in [0.29, 0.717) is 5.76 Å². The molecule has 4 heteroatoms. The van der Waals surface area contributed by atoms with Gasteiger partial charge in [-0.25, -0.2) is 4.79 Å². The number of carboxylic acid groups (broad SMARTS) is 1. The molecule has 2 N–H and O–H groups in total. The second kappa shape index (κ2) is 6.24. The lowest BCUT2D eigenvalue weighted by atomic mass is 9.82. The zero-order valence-electron chi connectivity index (χ0n) is 11.7. The Morgan fingerprint density at radius 1 is 1.53 bits per heavy atom. The monoisotopic (exact) mass is 265 g/mol. The van der Waals surface area contributed by atoms with Gasteiger partial charge in [0.05, 0.1) is 6.04 Å². The number of furan rings is 1.